The number of ether oxygens (including phenoxy) is 1. The van der Waals surface area contributed by atoms with E-state index in [9.17, 15) is 18.0 Å². The first-order valence-electron chi connectivity index (χ1n) is 8.62. The predicted octanol–water partition coefficient (Wildman–Crippen LogP) is 4.02. The van der Waals surface area contributed by atoms with Gasteiger partial charge in [-0.25, -0.2) is 0 Å². The number of nitrogens with zero attached hydrogens (tertiary/aromatic N) is 1. The number of hydrogen-bond donors (Lipinski definition) is 0. The Hall–Kier alpha value is -0.780. The summed E-state index contributed by atoms with van der Waals surface area (Å²) in [4.78, 5) is 13.9. The molecule has 2 saturated heterocycles. The van der Waals surface area contributed by atoms with Gasteiger partial charge in [0, 0.05) is 32.7 Å². The summed E-state index contributed by atoms with van der Waals surface area (Å²) in [6.07, 6.45) is 0.227. The van der Waals surface area contributed by atoms with Crippen molar-refractivity contribution in [3.63, 3.8) is 0 Å². The predicted molar refractivity (Wildman–Crippen MR) is 81.9 cm³/mol. The van der Waals surface area contributed by atoms with Crippen LogP contribution in [-0.2, 0) is 9.53 Å². The molecule has 2 aliphatic rings. The average molecular weight is 335 g/mol. The van der Waals surface area contributed by atoms with Gasteiger partial charge in [0.05, 0.1) is 5.92 Å². The molecule has 134 valence electrons. The van der Waals surface area contributed by atoms with Crippen molar-refractivity contribution in [2.24, 2.45) is 17.3 Å². The molecule has 0 saturated carbocycles. The fraction of sp³-hybridized carbons (Fsp3) is 0.941. The summed E-state index contributed by atoms with van der Waals surface area (Å²) in [6, 6.07) is 0. The lowest BCUT2D eigenvalue weighted by molar-refractivity contribution is -0.217. The molecule has 0 aromatic carbocycles. The molecule has 0 bridgehead atoms. The van der Waals surface area contributed by atoms with E-state index in [1.807, 2.05) is 0 Å². The van der Waals surface area contributed by atoms with Crippen molar-refractivity contribution in [2.45, 2.75) is 58.5 Å². The van der Waals surface area contributed by atoms with Gasteiger partial charge in [0.2, 0.25) is 5.91 Å². The Balaban J connectivity index is 1.77. The van der Waals surface area contributed by atoms with Crippen molar-refractivity contribution in [1.29, 1.82) is 0 Å². The molecular weight excluding hydrogens is 307 g/mol. The minimum absolute atomic E-state index is 0.00533. The maximum Gasteiger partial charge on any atom is 0.392 e. The molecule has 6 heteroatoms. The van der Waals surface area contributed by atoms with Crippen molar-refractivity contribution in [2.75, 3.05) is 26.3 Å². The number of carbonyl (C=O) groups excluding carboxylic acids is 1. The third-order valence-corrected chi connectivity index (χ3v) is 5.32. The minimum Gasteiger partial charge on any atom is -0.381 e. The molecular formula is C17H28F3NO2. The van der Waals surface area contributed by atoms with E-state index < -0.39 is 17.5 Å². The van der Waals surface area contributed by atoms with E-state index in [0.29, 0.717) is 12.3 Å². The fourth-order valence-corrected chi connectivity index (χ4v) is 3.91. The molecule has 2 rings (SSSR count). The van der Waals surface area contributed by atoms with Gasteiger partial charge in [-0.05, 0) is 43.4 Å². The summed E-state index contributed by atoms with van der Waals surface area (Å²) in [6.45, 7) is 5.27. The average Bonchev–Trinajstić information content (AvgIpc) is 2.45. The van der Waals surface area contributed by atoms with E-state index in [1.165, 1.54) is 0 Å². The van der Waals surface area contributed by atoms with Crippen LogP contribution in [0.2, 0.25) is 0 Å². The lowest BCUT2D eigenvalue weighted by Gasteiger charge is -2.44. The van der Waals surface area contributed by atoms with Gasteiger partial charge >= 0.3 is 6.18 Å². The first-order chi connectivity index (χ1) is 10.7. The van der Waals surface area contributed by atoms with Crippen LogP contribution in [0.5, 0.6) is 0 Å². The SMILES string of the molecule is CC1(C)CN(C(=O)CCCC2CCOCC2)CC[C@H]1C(F)(F)F. The summed E-state index contributed by atoms with van der Waals surface area (Å²) in [5.41, 5.74) is -0.910. The van der Waals surface area contributed by atoms with Crippen LogP contribution in [0.15, 0.2) is 0 Å². The molecule has 2 fully saturated rings. The summed E-state index contributed by atoms with van der Waals surface area (Å²) >= 11 is 0. The molecule has 1 atom stereocenters. The summed E-state index contributed by atoms with van der Waals surface area (Å²) < 4.78 is 44.5. The molecule has 0 unspecified atom stereocenters. The number of hydrogen-bond acceptors (Lipinski definition) is 2. The Kier molecular flexibility index (Phi) is 5.98. The van der Waals surface area contributed by atoms with Crippen LogP contribution in [0.3, 0.4) is 0 Å². The highest BCUT2D eigenvalue weighted by atomic mass is 19.4. The molecule has 2 aliphatic heterocycles. The summed E-state index contributed by atoms with van der Waals surface area (Å²) in [7, 11) is 0. The molecule has 0 aromatic rings. The third-order valence-electron chi connectivity index (χ3n) is 5.32. The van der Waals surface area contributed by atoms with Gasteiger partial charge < -0.3 is 9.64 Å². The number of likely N-dealkylation sites (tertiary alicyclic amines) is 1. The number of rotatable bonds is 4. The largest absolute Gasteiger partial charge is 0.392 e. The second kappa shape index (κ2) is 7.41. The van der Waals surface area contributed by atoms with Crippen molar-refractivity contribution >= 4 is 5.91 Å². The Morgan fingerprint density at radius 2 is 1.87 bits per heavy atom. The molecule has 1 amide bonds. The number of alkyl halides is 3. The zero-order valence-corrected chi connectivity index (χ0v) is 14.1. The van der Waals surface area contributed by atoms with E-state index in [2.05, 4.69) is 0 Å². The fourth-order valence-electron chi connectivity index (χ4n) is 3.91. The first-order valence-corrected chi connectivity index (χ1v) is 8.62. The van der Waals surface area contributed by atoms with Crippen molar-refractivity contribution in [3.8, 4) is 0 Å². The van der Waals surface area contributed by atoms with Gasteiger partial charge in [-0.2, -0.15) is 13.2 Å². The summed E-state index contributed by atoms with van der Waals surface area (Å²) in [5.74, 6) is -0.684. The van der Waals surface area contributed by atoms with Crippen LogP contribution in [0.1, 0.15) is 52.4 Å². The van der Waals surface area contributed by atoms with Crippen molar-refractivity contribution in [3.05, 3.63) is 0 Å². The van der Waals surface area contributed by atoms with Crippen LogP contribution in [-0.4, -0.2) is 43.3 Å². The smallest absolute Gasteiger partial charge is 0.381 e. The zero-order valence-electron chi connectivity index (χ0n) is 14.1. The van der Waals surface area contributed by atoms with Crippen LogP contribution in [0.4, 0.5) is 13.2 Å². The monoisotopic (exact) mass is 335 g/mol. The van der Waals surface area contributed by atoms with E-state index in [1.54, 1.807) is 18.7 Å². The molecule has 0 aromatic heterocycles. The highest BCUT2D eigenvalue weighted by molar-refractivity contribution is 5.76. The zero-order chi connectivity index (χ0) is 17.1. The van der Waals surface area contributed by atoms with E-state index in [4.69, 9.17) is 4.74 Å². The molecule has 23 heavy (non-hydrogen) atoms. The van der Waals surface area contributed by atoms with Gasteiger partial charge in [0.1, 0.15) is 0 Å². The normalized spacial score (nSPS) is 26.3. The standard InChI is InChI=1S/C17H28F3NO2/c1-16(2)12-21(9-6-14(16)17(18,19)20)15(22)5-3-4-13-7-10-23-11-8-13/h13-14H,3-12H2,1-2H3/t14-/m1/s1. The lowest BCUT2D eigenvalue weighted by atomic mass is 9.73. The Bertz CT molecular complexity index is 403. The quantitative estimate of drug-likeness (QED) is 0.776. The molecule has 2 heterocycles. The van der Waals surface area contributed by atoms with Crippen LogP contribution >= 0.6 is 0 Å². The number of piperidine rings is 1. The van der Waals surface area contributed by atoms with Gasteiger partial charge in [-0.1, -0.05) is 13.8 Å². The van der Waals surface area contributed by atoms with Gasteiger partial charge in [-0.15, -0.1) is 0 Å². The van der Waals surface area contributed by atoms with E-state index in [-0.39, 0.29) is 25.4 Å². The summed E-state index contributed by atoms with van der Waals surface area (Å²) in [5, 5.41) is 0. The van der Waals surface area contributed by atoms with Gasteiger partial charge in [-0.3, -0.25) is 4.79 Å². The van der Waals surface area contributed by atoms with E-state index in [0.717, 1.165) is 38.9 Å². The molecule has 0 aliphatic carbocycles. The Morgan fingerprint density at radius 1 is 1.22 bits per heavy atom. The third kappa shape index (κ3) is 5.10. The number of carbonyl (C=O) groups is 1. The molecule has 0 N–H and O–H groups in total. The van der Waals surface area contributed by atoms with Crippen LogP contribution in [0, 0.1) is 17.3 Å². The first kappa shape index (κ1) is 18.6. The van der Waals surface area contributed by atoms with Crippen molar-refractivity contribution < 1.29 is 22.7 Å². The van der Waals surface area contributed by atoms with Gasteiger partial charge in [0.25, 0.3) is 0 Å². The number of halogens is 3. The van der Waals surface area contributed by atoms with E-state index >= 15 is 0 Å². The molecule has 3 nitrogen and oxygen atoms in total. The maximum absolute atomic E-state index is 13.1. The maximum atomic E-state index is 13.1. The second-order valence-corrected chi connectivity index (χ2v) is 7.63. The van der Waals surface area contributed by atoms with Crippen LogP contribution in [0.25, 0.3) is 0 Å². The highest BCUT2D eigenvalue weighted by Gasteiger charge is 2.51. The Labute approximate surface area is 136 Å². The highest BCUT2D eigenvalue weighted by Crippen LogP contribution is 2.45. The van der Waals surface area contributed by atoms with Gasteiger partial charge in [0.15, 0.2) is 0 Å². The topological polar surface area (TPSA) is 29.5 Å². The number of amides is 1. The molecule has 0 spiro atoms. The van der Waals surface area contributed by atoms with Crippen molar-refractivity contribution in [1.82, 2.24) is 4.90 Å². The molecule has 0 radical (unpaired) electrons. The minimum atomic E-state index is -4.18. The second-order valence-electron chi connectivity index (χ2n) is 7.63. The van der Waals surface area contributed by atoms with Crippen LogP contribution < -0.4 is 0 Å². The Morgan fingerprint density at radius 3 is 2.43 bits per heavy atom. The lowest BCUT2D eigenvalue weighted by Crippen LogP contribution is -2.52.